The molecule has 1 fully saturated rings. The number of rotatable bonds is 5. The van der Waals surface area contributed by atoms with Gasteiger partial charge in [0.05, 0.1) is 22.6 Å². The van der Waals surface area contributed by atoms with Crippen molar-refractivity contribution in [1.29, 1.82) is 0 Å². The molecule has 1 aromatic rings. The Morgan fingerprint density at radius 3 is 2.23 bits per heavy atom. The highest BCUT2D eigenvalue weighted by Gasteiger charge is 2.43. The van der Waals surface area contributed by atoms with Gasteiger partial charge in [0, 0.05) is 6.04 Å². The van der Waals surface area contributed by atoms with Gasteiger partial charge in [0.2, 0.25) is 5.91 Å². The number of hydrogen-bond acceptors (Lipinski definition) is 5. The number of amides is 3. The molecule has 2 heterocycles. The van der Waals surface area contributed by atoms with Crippen LogP contribution in [0.25, 0.3) is 0 Å². The molecular weight excluding hydrogens is 356 g/mol. The Morgan fingerprint density at radius 2 is 1.77 bits per heavy atom. The molecule has 0 unspecified atom stereocenters. The average molecular weight is 378 g/mol. The monoisotopic (exact) mass is 378 g/mol. The summed E-state index contributed by atoms with van der Waals surface area (Å²) in [5.41, 5.74) is 0.588. The molecule has 0 spiro atoms. The van der Waals surface area contributed by atoms with Gasteiger partial charge in [-0.2, -0.15) is 0 Å². The van der Waals surface area contributed by atoms with Crippen LogP contribution in [-0.4, -0.2) is 54.6 Å². The molecule has 2 aliphatic heterocycles. The second-order valence-corrected chi connectivity index (χ2v) is 9.51. The number of carbonyl (C=O) groups excluding carboxylic acids is 3. The predicted octanol–water partition coefficient (Wildman–Crippen LogP) is 1.00. The first-order valence-electron chi connectivity index (χ1n) is 8.67. The van der Waals surface area contributed by atoms with Crippen LogP contribution in [0.4, 0.5) is 0 Å². The topological polar surface area (TPSA) is 101 Å². The first kappa shape index (κ1) is 18.6. The standard InChI is InChI=1S/C18H22N2O5S/c1-11(2)9-15(16(21)19-12-7-8-26(24,25)10-12)20-17(22)13-5-3-4-6-14(13)18(20)23/h3-6,11-12,15H,7-10H2,1-2H3,(H,19,21)/t12-,15-/m0/s1. The minimum atomic E-state index is -3.14. The van der Waals surface area contributed by atoms with Crippen molar-refractivity contribution in [2.75, 3.05) is 11.5 Å². The maximum absolute atomic E-state index is 12.8. The number of carbonyl (C=O) groups is 3. The highest BCUT2D eigenvalue weighted by atomic mass is 32.2. The van der Waals surface area contributed by atoms with E-state index < -0.39 is 39.6 Å². The molecule has 0 saturated carbocycles. The van der Waals surface area contributed by atoms with E-state index in [1.165, 1.54) is 0 Å². The minimum absolute atomic E-state index is 0.0415. The molecular formula is C18H22N2O5S. The molecule has 1 saturated heterocycles. The third-order valence-corrected chi connectivity index (χ3v) is 6.48. The first-order valence-corrected chi connectivity index (χ1v) is 10.5. The summed E-state index contributed by atoms with van der Waals surface area (Å²) in [5, 5.41) is 2.72. The van der Waals surface area contributed by atoms with Crippen molar-refractivity contribution < 1.29 is 22.8 Å². The molecule has 0 radical (unpaired) electrons. The van der Waals surface area contributed by atoms with E-state index in [1.54, 1.807) is 24.3 Å². The maximum atomic E-state index is 12.8. The molecule has 1 aromatic carbocycles. The average Bonchev–Trinajstić information content (AvgIpc) is 3.03. The quantitative estimate of drug-likeness (QED) is 0.771. The number of sulfone groups is 1. The van der Waals surface area contributed by atoms with Gasteiger partial charge in [0.25, 0.3) is 11.8 Å². The van der Waals surface area contributed by atoms with Crippen LogP contribution in [0.5, 0.6) is 0 Å². The number of fused-ring (bicyclic) bond motifs is 1. The molecule has 3 rings (SSSR count). The molecule has 3 amide bonds. The van der Waals surface area contributed by atoms with Gasteiger partial charge in [-0.05, 0) is 30.9 Å². The number of imide groups is 1. The van der Waals surface area contributed by atoms with Gasteiger partial charge >= 0.3 is 0 Å². The van der Waals surface area contributed by atoms with Gasteiger partial charge in [-0.15, -0.1) is 0 Å². The van der Waals surface area contributed by atoms with Crippen LogP contribution < -0.4 is 5.32 Å². The fourth-order valence-electron chi connectivity index (χ4n) is 3.47. The molecule has 7 nitrogen and oxygen atoms in total. The van der Waals surface area contributed by atoms with Gasteiger partial charge in [0.1, 0.15) is 6.04 Å². The molecule has 8 heteroatoms. The van der Waals surface area contributed by atoms with Crippen LogP contribution >= 0.6 is 0 Å². The maximum Gasteiger partial charge on any atom is 0.262 e. The highest BCUT2D eigenvalue weighted by Crippen LogP contribution is 2.27. The summed E-state index contributed by atoms with van der Waals surface area (Å²) in [5.74, 6) is -1.43. The van der Waals surface area contributed by atoms with E-state index in [0.717, 1.165) is 4.90 Å². The molecule has 26 heavy (non-hydrogen) atoms. The zero-order valence-corrected chi connectivity index (χ0v) is 15.6. The van der Waals surface area contributed by atoms with Crippen molar-refractivity contribution in [1.82, 2.24) is 10.2 Å². The van der Waals surface area contributed by atoms with Crippen LogP contribution in [0.2, 0.25) is 0 Å². The van der Waals surface area contributed by atoms with Crippen LogP contribution in [0, 0.1) is 5.92 Å². The van der Waals surface area contributed by atoms with Crippen molar-refractivity contribution in [2.24, 2.45) is 5.92 Å². The molecule has 2 aliphatic rings. The molecule has 2 atom stereocenters. The third-order valence-electron chi connectivity index (χ3n) is 4.71. The van der Waals surface area contributed by atoms with Crippen LogP contribution in [0.3, 0.4) is 0 Å². The van der Waals surface area contributed by atoms with E-state index in [4.69, 9.17) is 0 Å². The van der Waals surface area contributed by atoms with Crippen molar-refractivity contribution >= 4 is 27.6 Å². The Bertz CT molecular complexity index is 827. The number of nitrogens with one attached hydrogen (secondary N) is 1. The van der Waals surface area contributed by atoms with Gasteiger partial charge in [-0.1, -0.05) is 26.0 Å². The Balaban J connectivity index is 1.84. The van der Waals surface area contributed by atoms with Crippen molar-refractivity contribution in [2.45, 2.75) is 38.8 Å². The normalized spacial score (nSPS) is 22.6. The fraction of sp³-hybridized carbons (Fsp3) is 0.500. The fourth-order valence-corrected chi connectivity index (χ4v) is 5.15. The SMILES string of the molecule is CC(C)C[C@@H](C(=O)N[C@H]1CCS(=O)(=O)C1)N1C(=O)c2ccccc2C1=O. The lowest BCUT2D eigenvalue weighted by molar-refractivity contribution is -0.126. The summed E-state index contributed by atoms with van der Waals surface area (Å²) in [4.78, 5) is 39.2. The van der Waals surface area contributed by atoms with Gasteiger partial charge in [0.15, 0.2) is 9.84 Å². The zero-order valence-electron chi connectivity index (χ0n) is 14.8. The van der Waals surface area contributed by atoms with E-state index >= 15 is 0 Å². The smallest absolute Gasteiger partial charge is 0.262 e. The van der Waals surface area contributed by atoms with E-state index in [2.05, 4.69) is 5.32 Å². The molecule has 140 valence electrons. The minimum Gasteiger partial charge on any atom is -0.351 e. The van der Waals surface area contributed by atoms with E-state index in [-0.39, 0.29) is 17.4 Å². The summed E-state index contributed by atoms with van der Waals surface area (Å²) in [7, 11) is -3.14. The zero-order chi connectivity index (χ0) is 19.1. The molecule has 0 aliphatic carbocycles. The van der Waals surface area contributed by atoms with Gasteiger partial charge in [-0.3, -0.25) is 19.3 Å². The van der Waals surface area contributed by atoms with Gasteiger partial charge in [-0.25, -0.2) is 8.42 Å². The summed E-state index contributed by atoms with van der Waals surface area (Å²) < 4.78 is 23.2. The largest absolute Gasteiger partial charge is 0.351 e. The summed E-state index contributed by atoms with van der Waals surface area (Å²) in [6.45, 7) is 3.80. The van der Waals surface area contributed by atoms with Crippen molar-refractivity contribution in [3.05, 3.63) is 35.4 Å². The van der Waals surface area contributed by atoms with E-state index in [9.17, 15) is 22.8 Å². The Labute approximate surface area is 152 Å². The lowest BCUT2D eigenvalue weighted by atomic mass is 10.0. The van der Waals surface area contributed by atoms with Gasteiger partial charge < -0.3 is 5.32 Å². The second kappa shape index (κ2) is 6.83. The Kier molecular flexibility index (Phi) is 4.88. The van der Waals surface area contributed by atoms with Crippen LogP contribution in [0.1, 0.15) is 47.4 Å². The Morgan fingerprint density at radius 1 is 1.19 bits per heavy atom. The summed E-state index contributed by atoms with van der Waals surface area (Å²) in [6.07, 6.45) is 0.668. The van der Waals surface area contributed by atoms with Crippen LogP contribution in [0.15, 0.2) is 24.3 Å². The predicted molar refractivity (Wildman–Crippen MR) is 95.4 cm³/mol. The number of benzene rings is 1. The summed E-state index contributed by atoms with van der Waals surface area (Å²) >= 11 is 0. The van der Waals surface area contributed by atoms with Crippen molar-refractivity contribution in [3.8, 4) is 0 Å². The Hall–Kier alpha value is -2.22. The number of nitrogens with zero attached hydrogens (tertiary/aromatic N) is 1. The second-order valence-electron chi connectivity index (χ2n) is 7.28. The molecule has 0 aromatic heterocycles. The first-order chi connectivity index (χ1) is 12.2. The third kappa shape index (κ3) is 3.51. The van der Waals surface area contributed by atoms with E-state index in [1.807, 2.05) is 13.8 Å². The number of hydrogen-bond donors (Lipinski definition) is 1. The summed E-state index contributed by atoms with van der Waals surface area (Å²) in [6, 6.07) is 5.07. The lowest BCUT2D eigenvalue weighted by Gasteiger charge is -2.27. The van der Waals surface area contributed by atoms with Crippen LogP contribution in [-0.2, 0) is 14.6 Å². The molecule has 1 N–H and O–H groups in total. The lowest BCUT2D eigenvalue weighted by Crippen LogP contribution is -2.52. The van der Waals surface area contributed by atoms with Crippen molar-refractivity contribution in [3.63, 3.8) is 0 Å². The molecule has 0 bridgehead atoms. The van der Waals surface area contributed by atoms with E-state index in [0.29, 0.717) is 24.0 Å². The highest BCUT2D eigenvalue weighted by molar-refractivity contribution is 7.91.